The summed E-state index contributed by atoms with van der Waals surface area (Å²) in [5, 5.41) is 0.512. The molecule has 0 unspecified atom stereocenters. The number of carbonyl (C=O) groups excluding carboxylic acids is 1. The number of ether oxygens (including phenoxy) is 2. The Morgan fingerprint density at radius 1 is 1.18 bits per heavy atom. The SMILES string of the molecule is COc1ccc(/C=C/C(=O)c2ccc(Cl)cc2)cc1COCC(F)(F)C(F)F. The molecule has 0 radical (unpaired) electrons. The van der Waals surface area contributed by atoms with Crippen LogP contribution in [0.2, 0.25) is 5.02 Å². The van der Waals surface area contributed by atoms with Crippen molar-refractivity contribution < 1.29 is 31.8 Å². The van der Waals surface area contributed by atoms with E-state index in [1.54, 1.807) is 42.5 Å². The van der Waals surface area contributed by atoms with Crippen LogP contribution in [-0.2, 0) is 11.3 Å². The van der Waals surface area contributed by atoms with Gasteiger partial charge in [-0.05, 0) is 48.0 Å². The van der Waals surface area contributed by atoms with Gasteiger partial charge in [-0.15, -0.1) is 0 Å². The summed E-state index contributed by atoms with van der Waals surface area (Å²) in [7, 11) is 1.38. The Labute approximate surface area is 164 Å². The molecular formula is C20H17ClF4O3. The number of halogens is 5. The fourth-order valence-electron chi connectivity index (χ4n) is 2.26. The van der Waals surface area contributed by atoms with Crippen molar-refractivity contribution in [1.82, 2.24) is 0 Å². The second-order valence-corrected chi connectivity index (χ2v) is 6.27. The molecule has 0 atom stereocenters. The second-order valence-electron chi connectivity index (χ2n) is 5.83. The van der Waals surface area contributed by atoms with Crippen LogP contribution in [0.4, 0.5) is 17.6 Å². The van der Waals surface area contributed by atoms with Gasteiger partial charge in [0.1, 0.15) is 12.4 Å². The molecule has 0 spiro atoms. The van der Waals surface area contributed by atoms with Gasteiger partial charge in [0.2, 0.25) is 0 Å². The fraction of sp³-hybridized carbons (Fsp3) is 0.250. The van der Waals surface area contributed by atoms with Gasteiger partial charge in [-0.25, -0.2) is 8.78 Å². The van der Waals surface area contributed by atoms with Crippen LogP contribution in [0.3, 0.4) is 0 Å². The summed E-state index contributed by atoms with van der Waals surface area (Å²) in [5.41, 5.74) is 1.42. The van der Waals surface area contributed by atoms with Gasteiger partial charge in [-0.2, -0.15) is 8.78 Å². The molecule has 8 heteroatoms. The average Bonchev–Trinajstić information content (AvgIpc) is 2.66. The quantitative estimate of drug-likeness (QED) is 0.300. The topological polar surface area (TPSA) is 35.5 Å². The number of carbonyl (C=O) groups is 1. The Balaban J connectivity index is 2.08. The molecule has 2 aromatic rings. The third kappa shape index (κ3) is 6.07. The molecule has 0 aliphatic rings. The van der Waals surface area contributed by atoms with Crippen molar-refractivity contribution >= 4 is 23.5 Å². The molecular weight excluding hydrogens is 400 g/mol. The molecule has 2 aromatic carbocycles. The molecule has 0 aliphatic heterocycles. The van der Waals surface area contributed by atoms with Crippen LogP contribution in [0.15, 0.2) is 48.5 Å². The highest BCUT2D eigenvalue weighted by Crippen LogP contribution is 2.26. The van der Waals surface area contributed by atoms with Crippen molar-refractivity contribution in [2.45, 2.75) is 19.0 Å². The van der Waals surface area contributed by atoms with E-state index >= 15 is 0 Å². The highest BCUT2D eigenvalue weighted by atomic mass is 35.5. The molecule has 0 saturated carbocycles. The molecule has 0 bridgehead atoms. The van der Waals surface area contributed by atoms with E-state index in [2.05, 4.69) is 0 Å². The van der Waals surface area contributed by atoms with Crippen molar-refractivity contribution in [3.8, 4) is 5.75 Å². The number of ketones is 1. The number of alkyl halides is 4. The van der Waals surface area contributed by atoms with Crippen molar-refractivity contribution in [3.05, 3.63) is 70.3 Å². The monoisotopic (exact) mass is 416 g/mol. The molecule has 28 heavy (non-hydrogen) atoms. The lowest BCUT2D eigenvalue weighted by molar-refractivity contribution is -0.168. The van der Waals surface area contributed by atoms with E-state index in [0.29, 0.717) is 27.5 Å². The maximum Gasteiger partial charge on any atom is 0.330 e. The number of benzene rings is 2. The van der Waals surface area contributed by atoms with Gasteiger partial charge < -0.3 is 9.47 Å². The standard InChI is InChI=1S/C20H17ClF4O3/c1-27-18-9-3-13(2-8-17(26)14-4-6-16(21)7-5-14)10-15(18)11-28-12-20(24,25)19(22)23/h2-10,19H,11-12H2,1H3/b8-2+. The Hall–Kier alpha value is -2.38. The first-order valence-electron chi connectivity index (χ1n) is 8.11. The van der Waals surface area contributed by atoms with Gasteiger partial charge in [0.15, 0.2) is 5.78 Å². The maximum atomic E-state index is 12.9. The summed E-state index contributed by atoms with van der Waals surface area (Å²) in [4.78, 5) is 12.1. The predicted molar refractivity (Wildman–Crippen MR) is 98.4 cm³/mol. The highest BCUT2D eigenvalue weighted by molar-refractivity contribution is 6.30. The van der Waals surface area contributed by atoms with Gasteiger partial charge in [0.25, 0.3) is 0 Å². The van der Waals surface area contributed by atoms with E-state index in [9.17, 15) is 22.4 Å². The Kier molecular flexibility index (Phi) is 7.60. The number of methoxy groups -OCH3 is 1. The summed E-state index contributed by atoms with van der Waals surface area (Å²) in [5.74, 6) is -4.13. The van der Waals surface area contributed by atoms with Crippen molar-refractivity contribution in [1.29, 1.82) is 0 Å². The molecule has 2 rings (SSSR count). The lowest BCUT2D eigenvalue weighted by Crippen LogP contribution is -2.32. The van der Waals surface area contributed by atoms with Crippen molar-refractivity contribution in [3.63, 3.8) is 0 Å². The zero-order valence-corrected chi connectivity index (χ0v) is 15.6. The van der Waals surface area contributed by atoms with E-state index in [-0.39, 0.29) is 12.4 Å². The van der Waals surface area contributed by atoms with Gasteiger partial charge in [0.05, 0.1) is 13.7 Å². The first kappa shape index (κ1) is 21.9. The largest absolute Gasteiger partial charge is 0.496 e. The molecule has 0 N–H and O–H groups in total. The van der Waals surface area contributed by atoms with Gasteiger partial charge >= 0.3 is 12.3 Å². The second kappa shape index (κ2) is 9.71. The molecule has 0 saturated heterocycles. The molecule has 0 fully saturated rings. The number of allylic oxidation sites excluding steroid dienone is 1. The zero-order chi connectivity index (χ0) is 20.7. The molecule has 0 aliphatic carbocycles. The van der Waals surface area contributed by atoms with Gasteiger partial charge in [-0.3, -0.25) is 4.79 Å². The minimum absolute atomic E-state index is 0.248. The van der Waals surface area contributed by atoms with Gasteiger partial charge in [0, 0.05) is 16.1 Å². The highest BCUT2D eigenvalue weighted by Gasteiger charge is 2.40. The van der Waals surface area contributed by atoms with Crippen LogP contribution in [0.25, 0.3) is 6.08 Å². The number of rotatable bonds is 9. The van der Waals surface area contributed by atoms with Crippen molar-refractivity contribution in [2.75, 3.05) is 13.7 Å². The molecule has 0 aromatic heterocycles. The normalized spacial score (nSPS) is 12.0. The van der Waals surface area contributed by atoms with E-state index in [1.165, 1.54) is 19.3 Å². The fourth-order valence-corrected chi connectivity index (χ4v) is 2.38. The van der Waals surface area contributed by atoms with Crippen LogP contribution in [0, 0.1) is 0 Å². The third-order valence-corrected chi connectivity index (χ3v) is 3.98. The van der Waals surface area contributed by atoms with E-state index in [0.717, 1.165) is 0 Å². The lowest BCUT2D eigenvalue weighted by atomic mass is 10.1. The summed E-state index contributed by atoms with van der Waals surface area (Å²) >= 11 is 5.78. The smallest absolute Gasteiger partial charge is 0.330 e. The first-order valence-corrected chi connectivity index (χ1v) is 8.49. The van der Waals surface area contributed by atoms with E-state index in [4.69, 9.17) is 21.1 Å². The average molecular weight is 417 g/mol. The lowest BCUT2D eigenvalue weighted by Gasteiger charge is -2.16. The molecule has 0 heterocycles. The number of hydrogen-bond donors (Lipinski definition) is 0. The van der Waals surface area contributed by atoms with Crippen LogP contribution in [-0.4, -0.2) is 31.8 Å². The summed E-state index contributed by atoms with van der Waals surface area (Å²) in [6.07, 6.45) is -0.920. The first-order chi connectivity index (χ1) is 13.2. The Bertz CT molecular complexity index is 836. The van der Waals surface area contributed by atoms with Gasteiger partial charge in [-0.1, -0.05) is 23.7 Å². The minimum atomic E-state index is -4.23. The summed E-state index contributed by atoms with van der Waals surface area (Å²) in [6.45, 7) is -1.76. The van der Waals surface area contributed by atoms with Crippen LogP contribution in [0.1, 0.15) is 21.5 Å². The zero-order valence-electron chi connectivity index (χ0n) is 14.8. The maximum absolute atomic E-state index is 12.9. The Morgan fingerprint density at radius 2 is 1.86 bits per heavy atom. The molecule has 150 valence electrons. The predicted octanol–water partition coefficient (Wildman–Crippen LogP) is 5.66. The van der Waals surface area contributed by atoms with Crippen molar-refractivity contribution in [2.24, 2.45) is 0 Å². The minimum Gasteiger partial charge on any atom is -0.496 e. The van der Waals surface area contributed by atoms with Crippen LogP contribution in [0.5, 0.6) is 5.75 Å². The molecule has 3 nitrogen and oxygen atoms in total. The summed E-state index contributed by atoms with van der Waals surface area (Å²) < 4.78 is 60.1. The summed E-state index contributed by atoms with van der Waals surface area (Å²) in [6, 6.07) is 11.2. The Morgan fingerprint density at radius 3 is 2.46 bits per heavy atom. The van der Waals surface area contributed by atoms with Crippen LogP contribution < -0.4 is 4.74 Å². The van der Waals surface area contributed by atoms with E-state index in [1.807, 2.05) is 0 Å². The molecule has 0 amide bonds. The van der Waals surface area contributed by atoms with Crippen LogP contribution >= 0.6 is 11.6 Å². The number of hydrogen-bond acceptors (Lipinski definition) is 3. The third-order valence-electron chi connectivity index (χ3n) is 3.73. The van der Waals surface area contributed by atoms with E-state index < -0.39 is 19.0 Å².